The second kappa shape index (κ2) is 5.07. The Bertz CT molecular complexity index is 666. The van der Waals surface area contributed by atoms with Crippen LogP contribution in [-0.4, -0.2) is 35.1 Å². The van der Waals surface area contributed by atoms with Crippen LogP contribution >= 0.6 is 11.3 Å². The topological polar surface area (TPSA) is 58.1 Å². The molecule has 0 saturated carbocycles. The van der Waals surface area contributed by atoms with E-state index in [0.717, 1.165) is 17.8 Å². The molecule has 6 heteroatoms. The summed E-state index contributed by atoms with van der Waals surface area (Å²) in [6.07, 6.45) is 0.782. The number of nitrogens with zero attached hydrogens (tertiary/aromatic N) is 2. The molecule has 0 amide bonds. The molecule has 0 spiro atoms. The van der Waals surface area contributed by atoms with Gasteiger partial charge in [-0.25, -0.2) is 4.79 Å². The number of thiophene rings is 1. The van der Waals surface area contributed by atoms with Gasteiger partial charge < -0.3 is 4.90 Å². The van der Waals surface area contributed by atoms with Crippen LogP contribution in [0.2, 0.25) is 0 Å². The Balaban J connectivity index is 2.38. The zero-order valence-corrected chi connectivity index (χ0v) is 11.6. The molecule has 0 aromatic carbocycles. The first kappa shape index (κ1) is 13.0. The van der Waals surface area contributed by atoms with Gasteiger partial charge in [0.25, 0.3) is 5.56 Å². The number of fused-ring (bicyclic) bond motifs is 1. The number of aromatic amines is 1. The number of hydrogen-bond acceptors (Lipinski definition) is 4. The van der Waals surface area contributed by atoms with Crippen molar-refractivity contribution in [3.8, 4) is 0 Å². The van der Waals surface area contributed by atoms with Gasteiger partial charge in [0, 0.05) is 11.4 Å². The number of hydrogen-bond donors (Lipinski definition) is 1. The van der Waals surface area contributed by atoms with E-state index < -0.39 is 0 Å². The van der Waals surface area contributed by atoms with Crippen molar-refractivity contribution in [3.63, 3.8) is 0 Å². The highest BCUT2D eigenvalue weighted by Gasteiger charge is 2.09. The summed E-state index contributed by atoms with van der Waals surface area (Å²) in [5.41, 5.74) is -0.495. The third kappa shape index (κ3) is 2.54. The Hall–Kier alpha value is -1.40. The summed E-state index contributed by atoms with van der Waals surface area (Å²) in [6.45, 7) is 3.24. The minimum absolute atomic E-state index is 0.183. The maximum atomic E-state index is 12.2. The lowest BCUT2D eigenvalue weighted by molar-refractivity contribution is 0.383. The van der Waals surface area contributed by atoms with Gasteiger partial charge >= 0.3 is 5.69 Å². The van der Waals surface area contributed by atoms with Gasteiger partial charge in [0.2, 0.25) is 0 Å². The second-order valence-electron chi connectivity index (χ2n) is 4.64. The van der Waals surface area contributed by atoms with Crippen LogP contribution in [0.1, 0.15) is 11.3 Å². The van der Waals surface area contributed by atoms with Gasteiger partial charge in [-0.15, -0.1) is 11.3 Å². The van der Waals surface area contributed by atoms with Crippen LogP contribution in [0.4, 0.5) is 0 Å². The van der Waals surface area contributed by atoms with E-state index in [9.17, 15) is 9.59 Å². The molecule has 0 fully saturated rings. The summed E-state index contributed by atoms with van der Waals surface area (Å²) < 4.78 is 1.29. The smallest absolute Gasteiger partial charge is 0.309 e. The number of nitrogens with one attached hydrogen (secondary N) is 1. The Kier molecular flexibility index (Phi) is 3.68. The monoisotopic (exact) mass is 267 g/mol. The van der Waals surface area contributed by atoms with E-state index in [1.807, 2.05) is 32.0 Å². The predicted molar refractivity (Wildman–Crippen MR) is 74.6 cm³/mol. The number of aromatic nitrogens is 2. The predicted octanol–water partition coefficient (Wildman–Crippen LogP) is 1.01. The molecule has 0 atom stereocenters. The highest BCUT2D eigenvalue weighted by Crippen LogP contribution is 2.18. The van der Waals surface area contributed by atoms with E-state index in [2.05, 4.69) is 4.98 Å². The molecule has 0 radical (unpaired) electrons. The lowest BCUT2D eigenvalue weighted by Gasteiger charge is -2.09. The molecule has 5 nitrogen and oxygen atoms in total. The second-order valence-corrected chi connectivity index (χ2v) is 5.90. The van der Waals surface area contributed by atoms with Crippen LogP contribution in [0, 0.1) is 6.92 Å². The summed E-state index contributed by atoms with van der Waals surface area (Å²) in [5, 5.41) is 0.613. The fourth-order valence-corrected chi connectivity index (χ4v) is 2.81. The van der Waals surface area contributed by atoms with Gasteiger partial charge in [-0.1, -0.05) is 0 Å². The molecule has 2 heterocycles. The van der Waals surface area contributed by atoms with Crippen LogP contribution < -0.4 is 11.2 Å². The molecular formula is C12H17N3O2S. The number of aryl methyl sites for hydroxylation is 1. The normalized spacial score (nSPS) is 11.6. The van der Waals surface area contributed by atoms with Gasteiger partial charge in [0.05, 0.1) is 5.39 Å². The molecular weight excluding hydrogens is 250 g/mol. The van der Waals surface area contributed by atoms with Crippen molar-refractivity contribution in [1.82, 2.24) is 14.5 Å². The zero-order valence-electron chi connectivity index (χ0n) is 10.8. The summed E-state index contributed by atoms with van der Waals surface area (Å²) in [5.74, 6) is 0. The van der Waals surface area contributed by atoms with Crippen LogP contribution in [0.3, 0.4) is 0 Å². The van der Waals surface area contributed by atoms with E-state index in [4.69, 9.17) is 0 Å². The van der Waals surface area contributed by atoms with E-state index in [1.165, 1.54) is 15.9 Å². The first-order valence-corrected chi connectivity index (χ1v) is 6.68. The van der Waals surface area contributed by atoms with Crippen LogP contribution in [-0.2, 0) is 6.54 Å². The van der Waals surface area contributed by atoms with E-state index in [0.29, 0.717) is 16.8 Å². The molecule has 2 aromatic rings. The minimum Gasteiger partial charge on any atom is -0.309 e. The summed E-state index contributed by atoms with van der Waals surface area (Å²) in [7, 11) is 3.94. The van der Waals surface area contributed by atoms with Gasteiger partial charge in [0.15, 0.2) is 0 Å². The van der Waals surface area contributed by atoms with Crippen molar-refractivity contribution >= 4 is 21.6 Å². The molecule has 0 aliphatic carbocycles. The molecule has 18 heavy (non-hydrogen) atoms. The fraction of sp³-hybridized carbons (Fsp3) is 0.500. The van der Waals surface area contributed by atoms with Crippen molar-refractivity contribution < 1.29 is 0 Å². The molecule has 0 saturated heterocycles. The largest absolute Gasteiger partial charge is 0.329 e. The Morgan fingerprint density at radius 2 is 2.11 bits per heavy atom. The fourth-order valence-electron chi connectivity index (χ4n) is 1.92. The van der Waals surface area contributed by atoms with E-state index in [1.54, 1.807) is 0 Å². The van der Waals surface area contributed by atoms with Gasteiger partial charge in [-0.3, -0.25) is 14.3 Å². The van der Waals surface area contributed by atoms with Gasteiger partial charge in [0.1, 0.15) is 4.83 Å². The van der Waals surface area contributed by atoms with Gasteiger partial charge in [-0.2, -0.15) is 0 Å². The molecule has 0 unspecified atom stereocenters. The van der Waals surface area contributed by atoms with Crippen molar-refractivity contribution in [1.29, 1.82) is 0 Å². The van der Waals surface area contributed by atoms with Crippen LogP contribution in [0.15, 0.2) is 15.7 Å². The summed E-state index contributed by atoms with van der Waals surface area (Å²) in [4.78, 5) is 30.5. The third-order valence-electron chi connectivity index (χ3n) is 2.78. The molecule has 0 aliphatic heterocycles. The van der Waals surface area contributed by atoms with Crippen molar-refractivity contribution in [2.75, 3.05) is 20.6 Å². The van der Waals surface area contributed by atoms with Crippen molar-refractivity contribution in [2.24, 2.45) is 0 Å². The summed E-state index contributed by atoms with van der Waals surface area (Å²) in [6, 6.07) is 1.83. The first-order valence-electron chi connectivity index (χ1n) is 5.87. The average molecular weight is 267 g/mol. The average Bonchev–Trinajstić information content (AvgIpc) is 2.63. The maximum Gasteiger partial charge on any atom is 0.329 e. The van der Waals surface area contributed by atoms with Crippen molar-refractivity contribution in [3.05, 3.63) is 31.8 Å². The number of H-pyrrole nitrogens is 1. The van der Waals surface area contributed by atoms with Crippen LogP contribution in [0.25, 0.3) is 10.2 Å². The highest BCUT2D eigenvalue weighted by atomic mass is 32.1. The number of rotatable bonds is 4. The lowest BCUT2D eigenvalue weighted by Crippen LogP contribution is -2.35. The summed E-state index contributed by atoms with van der Waals surface area (Å²) >= 11 is 1.44. The molecule has 2 aromatic heterocycles. The Labute approximate surface area is 109 Å². The Morgan fingerprint density at radius 1 is 1.39 bits per heavy atom. The highest BCUT2D eigenvalue weighted by molar-refractivity contribution is 7.18. The lowest BCUT2D eigenvalue weighted by atomic mass is 10.3. The van der Waals surface area contributed by atoms with Gasteiger partial charge in [-0.05, 0) is 40.1 Å². The molecule has 1 N–H and O–H groups in total. The first-order chi connectivity index (χ1) is 8.49. The molecule has 0 aliphatic rings. The minimum atomic E-state index is -0.312. The maximum absolute atomic E-state index is 12.2. The van der Waals surface area contributed by atoms with Crippen LogP contribution in [0.5, 0.6) is 0 Å². The zero-order chi connectivity index (χ0) is 13.3. The van der Waals surface area contributed by atoms with Crippen molar-refractivity contribution in [2.45, 2.75) is 19.9 Å². The molecule has 98 valence electrons. The SMILES string of the molecule is Cc1cc2c(=O)n(CCCN(C)C)c(=O)[nH]c2s1. The Morgan fingerprint density at radius 3 is 2.78 bits per heavy atom. The third-order valence-corrected chi connectivity index (χ3v) is 3.75. The van der Waals surface area contributed by atoms with E-state index in [-0.39, 0.29) is 11.2 Å². The molecule has 2 rings (SSSR count). The molecule has 0 bridgehead atoms. The quantitative estimate of drug-likeness (QED) is 0.899. The van der Waals surface area contributed by atoms with E-state index >= 15 is 0 Å². The standard InChI is InChI=1S/C12H17N3O2S/c1-8-7-9-10(18-8)13-12(17)15(11(9)16)6-4-5-14(2)3/h7H,4-6H2,1-3H3,(H,13,17).